The molecule has 0 aliphatic heterocycles. The van der Waals surface area contributed by atoms with Crippen LogP contribution in [0.15, 0.2) is 83.9 Å². The fourth-order valence-corrected chi connectivity index (χ4v) is 6.41. The summed E-state index contributed by atoms with van der Waals surface area (Å²) in [6, 6.07) is 20.2. The molecule has 11 heteroatoms. The molecule has 202 valence electrons. The van der Waals surface area contributed by atoms with Crippen LogP contribution in [0.2, 0.25) is 0 Å². The highest BCUT2D eigenvalue weighted by Crippen LogP contribution is 2.37. The van der Waals surface area contributed by atoms with Crippen LogP contribution < -0.4 is 15.4 Å². The second-order valence-corrected chi connectivity index (χ2v) is 11.3. The van der Waals surface area contributed by atoms with Crippen molar-refractivity contribution in [1.82, 2.24) is 9.71 Å². The van der Waals surface area contributed by atoms with Crippen molar-refractivity contribution in [2.24, 2.45) is 0 Å². The van der Waals surface area contributed by atoms with Crippen molar-refractivity contribution in [2.45, 2.75) is 24.3 Å². The van der Waals surface area contributed by atoms with Gasteiger partial charge in [-0.3, -0.25) is 9.59 Å². The minimum atomic E-state index is -4.27. The molecule has 1 amide bonds. The number of rotatable bonds is 10. The summed E-state index contributed by atoms with van der Waals surface area (Å²) in [4.78, 5) is 29.3. The number of nitrogens with one attached hydrogen (secondary N) is 3. The lowest BCUT2D eigenvalue weighted by Crippen LogP contribution is -2.43. The zero-order chi connectivity index (χ0) is 28.0. The van der Waals surface area contributed by atoms with E-state index in [1.807, 2.05) is 37.4 Å². The van der Waals surface area contributed by atoms with Crippen molar-refractivity contribution in [2.75, 3.05) is 24.8 Å². The number of anilines is 2. The van der Waals surface area contributed by atoms with Gasteiger partial charge in [-0.15, -0.1) is 11.3 Å². The minimum absolute atomic E-state index is 0.0980. The van der Waals surface area contributed by atoms with E-state index in [-0.39, 0.29) is 17.2 Å². The molecule has 0 bridgehead atoms. The molecule has 0 aliphatic carbocycles. The lowest BCUT2D eigenvalue weighted by molar-refractivity contribution is -0.142. The molecule has 3 aromatic carbocycles. The quantitative estimate of drug-likeness (QED) is 0.241. The Hall–Kier alpha value is -4.06. The highest BCUT2D eigenvalue weighted by molar-refractivity contribution is 7.89. The smallest absolute Gasteiger partial charge is 0.324 e. The average Bonchev–Trinajstić information content (AvgIpc) is 3.42. The molecule has 1 heterocycles. The van der Waals surface area contributed by atoms with Gasteiger partial charge in [-0.2, -0.15) is 4.72 Å². The van der Waals surface area contributed by atoms with Crippen molar-refractivity contribution in [1.29, 1.82) is 0 Å². The Bertz CT molecular complexity index is 1570. The summed E-state index contributed by atoms with van der Waals surface area (Å²) in [5, 5.41) is 6.41. The van der Waals surface area contributed by atoms with Gasteiger partial charge in [-0.05, 0) is 48.4 Å². The third-order valence-corrected chi connectivity index (χ3v) is 8.44. The summed E-state index contributed by atoms with van der Waals surface area (Å²) < 4.78 is 35.0. The van der Waals surface area contributed by atoms with E-state index in [1.165, 1.54) is 31.4 Å². The standard InChI is InChI=1S/C28H28N4O5S2/c1-18(33)31-22-13-14-23(25-17-30-27(38-25)20-9-11-21(29-2)12-10-20)26(16-22)39(35,36)32-24(28(34)37-3)15-19-7-5-4-6-8-19/h4-14,16-17,24,29,32H,15H2,1-3H3,(H,31,33). The van der Waals surface area contributed by atoms with Crippen LogP contribution in [0, 0.1) is 0 Å². The highest BCUT2D eigenvalue weighted by Gasteiger charge is 2.29. The van der Waals surface area contributed by atoms with Crippen molar-refractivity contribution in [3.05, 3.63) is 84.6 Å². The van der Waals surface area contributed by atoms with Crippen LogP contribution in [0.4, 0.5) is 11.4 Å². The summed E-state index contributed by atoms with van der Waals surface area (Å²) in [5.74, 6) is -1.06. The molecule has 0 aliphatic rings. The van der Waals surface area contributed by atoms with E-state index in [0.29, 0.717) is 21.1 Å². The number of carbonyl (C=O) groups is 2. The Kier molecular flexibility index (Phi) is 8.75. The van der Waals surface area contributed by atoms with Gasteiger partial charge in [0.2, 0.25) is 15.9 Å². The number of nitrogens with zero attached hydrogens (tertiary/aromatic N) is 1. The number of methoxy groups -OCH3 is 1. The van der Waals surface area contributed by atoms with Crippen LogP contribution in [-0.2, 0) is 30.8 Å². The zero-order valence-corrected chi connectivity index (χ0v) is 23.2. The van der Waals surface area contributed by atoms with Gasteiger partial charge in [-0.1, -0.05) is 36.4 Å². The first-order valence-corrected chi connectivity index (χ1v) is 14.3. The van der Waals surface area contributed by atoms with Gasteiger partial charge in [-0.25, -0.2) is 13.4 Å². The van der Waals surface area contributed by atoms with E-state index >= 15 is 0 Å². The molecule has 1 unspecified atom stereocenters. The first-order chi connectivity index (χ1) is 18.7. The van der Waals surface area contributed by atoms with Gasteiger partial charge < -0.3 is 15.4 Å². The van der Waals surface area contributed by atoms with Crippen LogP contribution >= 0.6 is 11.3 Å². The maximum atomic E-state index is 13.8. The topological polar surface area (TPSA) is 126 Å². The molecule has 39 heavy (non-hydrogen) atoms. The largest absolute Gasteiger partial charge is 0.468 e. The van der Waals surface area contributed by atoms with Crippen LogP contribution in [-0.4, -0.2) is 45.5 Å². The van der Waals surface area contributed by atoms with Crippen molar-refractivity contribution < 1.29 is 22.7 Å². The average molecular weight is 565 g/mol. The number of hydrogen-bond donors (Lipinski definition) is 3. The molecular weight excluding hydrogens is 536 g/mol. The van der Waals surface area contributed by atoms with Crippen molar-refractivity contribution in [3.8, 4) is 21.0 Å². The minimum Gasteiger partial charge on any atom is -0.468 e. The Balaban J connectivity index is 1.74. The first kappa shape index (κ1) is 28.0. The summed E-state index contributed by atoms with van der Waals surface area (Å²) in [5.41, 5.74) is 3.29. The van der Waals surface area contributed by atoms with Crippen molar-refractivity contribution in [3.63, 3.8) is 0 Å². The van der Waals surface area contributed by atoms with Crippen LogP contribution in [0.5, 0.6) is 0 Å². The molecule has 1 atom stereocenters. The third kappa shape index (κ3) is 6.88. The van der Waals surface area contributed by atoms with Gasteiger partial charge in [0.1, 0.15) is 11.0 Å². The number of carbonyl (C=O) groups excluding carboxylic acids is 2. The van der Waals surface area contributed by atoms with Gasteiger partial charge in [0.25, 0.3) is 0 Å². The predicted molar refractivity (Wildman–Crippen MR) is 153 cm³/mol. The lowest BCUT2D eigenvalue weighted by atomic mass is 10.1. The monoisotopic (exact) mass is 564 g/mol. The maximum Gasteiger partial charge on any atom is 0.324 e. The molecule has 4 rings (SSSR count). The summed E-state index contributed by atoms with van der Waals surface area (Å²) in [6.07, 6.45) is 1.71. The van der Waals surface area contributed by atoms with E-state index < -0.39 is 22.0 Å². The molecule has 9 nitrogen and oxygen atoms in total. The summed E-state index contributed by atoms with van der Waals surface area (Å²) in [7, 11) is -1.22. The second-order valence-electron chi connectivity index (χ2n) is 8.64. The fraction of sp³-hybridized carbons (Fsp3) is 0.179. The SMILES string of the molecule is CNc1ccc(-c2ncc(-c3ccc(NC(C)=O)cc3S(=O)(=O)NC(Cc3ccccc3)C(=O)OC)s2)cc1. The summed E-state index contributed by atoms with van der Waals surface area (Å²) >= 11 is 1.33. The number of esters is 1. The number of hydrogen-bond acceptors (Lipinski definition) is 8. The van der Waals surface area contributed by atoms with Gasteiger partial charge in [0.15, 0.2) is 0 Å². The summed E-state index contributed by atoms with van der Waals surface area (Å²) in [6.45, 7) is 1.34. The van der Waals surface area contributed by atoms with E-state index in [0.717, 1.165) is 16.8 Å². The van der Waals surface area contributed by atoms with Crippen LogP contribution in [0.25, 0.3) is 21.0 Å². The Morgan fingerprint density at radius 2 is 1.69 bits per heavy atom. The zero-order valence-electron chi connectivity index (χ0n) is 21.6. The maximum absolute atomic E-state index is 13.8. The Labute approximate surface area is 231 Å². The molecule has 4 aromatic rings. The van der Waals surface area contributed by atoms with Crippen molar-refractivity contribution >= 4 is 44.6 Å². The molecule has 0 saturated heterocycles. The lowest BCUT2D eigenvalue weighted by Gasteiger charge is -2.19. The van der Waals surface area contributed by atoms with Gasteiger partial charge in [0, 0.05) is 42.7 Å². The highest BCUT2D eigenvalue weighted by atomic mass is 32.2. The van der Waals surface area contributed by atoms with Crippen LogP contribution in [0.1, 0.15) is 12.5 Å². The Morgan fingerprint density at radius 1 is 1.00 bits per heavy atom. The molecule has 0 spiro atoms. The number of benzene rings is 3. The van der Waals surface area contributed by atoms with E-state index in [9.17, 15) is 18.0 Å². The number of ether oxygens (including phenoxy) is 1. The predicted octanol–water partition coefficient (Wildman–Crippen LogP) is 4.54. The molecule has 3 N–H and O–H groups in total. The van der Waals surface area contributed by atoms with E-state index in [2.05, 4.69) is 20.3 Å². The number of thiazole rings is 1. The van der Waals surface area contributed by atoms with Crippen LogP contribution in [0.3, 0.4) is 0 Å². The molecular formula is C28H28N4O5S2. The number of amides is 1. The molecule has 0 radical (unpaired) electrons. The normalized spacial score (nSPS) is 12.0. The van der Waals surface area contributed by atoms with Gasteiger partial charge in [0.05, 0.1) is 16.9 Å². The number of aromatic nitrogens is 1. The fourth-order valence-electron chi connectivity index (χ4n) is 3.96. The van der Waals surface area contributed by atoms with E-state index in [4.69, 9.17) is 4.74 Å². The molecule has 1 aromatic heterocycles. The number of sulfonamides is 1. The molecule has 0 fully saturated rings. The van der Waals surface area contributed by atoms with E-state index in [1.54, 1.807) is 42.6 Å². The second kappa shape index (κ2) is 12.2. The third-order valence-electron chi connectivity index (χ3n) is 5.85. The molecule has 0 saturated carbocycles. The Morgan fingerprint density at radius 3 is 2.33 bits per heavy atom. The van der Waals surface area contributed by atoms with Gasteiger partial charge >= 0.3 is 5.97 Å². The first-order valence-electron chi connectivity index (χ1n) is 12.0.